The quantitative estimate of drug-likeness (QED) is 0.585. The van der Waals surface area contributed by atoms with Crippen molar-refractivity contribution in [3.63, 3.8) is 0 Å². The van der Waals surface area contributed by atoms with Gasteiger partial charge in [-0.15, -0.1) is 0 Å². The van der Waals surface area contributed by atoms with Crippen molar-refractivity contribution in [2.45, 2.75) is 6.04 Å². The van der Waals surface area contributed by atoms with E-state index in [1.807, 2.05) is 36.4 Å². The summed E-state index contributed by atoms with van der Waals surface area (Å²) in [5, 5.41) is 14.9. The van der Waals surface area contributed by atoms with Crippen molar-refractivity contribution in [2.75, 3.05) is 5.32 Å². The van der Waals surface area contributed by atoms with Crippen molar-refractivity contribution >= 4 is 16.7 Å². The average molecular weight is 346 g/mol. The molecule has 0 radical (unpaired) electrons. The molecule has 0 bridgehead atoms. The Morgan fingerprint density at radius 3 is 2.58 bits per heavy atom. The Labute approximate surface area is 150 Å². The summed E-state index contributed by atoms with van der Waals surface area (Å²) < 4.78 is 14.5. The number of fused-ring (bicyclic) bond motifs is 1. The van der Waals surface area contributed by atoms with E-state index < -0.39 is 6.04 Å². The van der Waals surface area contributed by atoms with Gasteiger partial charge in [-0.1, -0.05) is 36.4 Å². The Hall–Kier alpha value is -3.47. The Bertz CT molecular complexity index is 1050. The van der Waals surface area contributed by atoms with E-state index in [0.29, 0.717) is 22.5 Å². The van der Waals surface area contributed by atoms with Gasteiger partial charge in [0.05, 0.1) is 6.20 Å². The molecule has 0 aliphatic heterocycles. The number of hydrogen-bond donors (Lipinski definition) is 2. The zero-order chi connectivity index (χ0) is 17.9. The fraction of sp³-hybridized carbons (Fsp3) is 0.0476. The molecule has 0 spiro atoms. The van der Waals surface area contributed by atoms with Gasteiger partial charge in [0, 0.05) is 28.8 Å². The molecular weight excluding hydrogens is 329 g/mol. The lowest BCUT2D eigenvalue weighted by Crippen LogP contribution is -2.19. The van der Waals surface area contributed by atoms with Crippen LogP contribution in [0.3, 0.4) is 0 Å². The first kappa shape index (κ1) is 16.0. The van der Waals surface area contributed by atoms with Crippen LogP contribution in [0.2, 0.25) is 0 Å². The van der Waals surface area contributed by atoms with Gasteiger partial charge in [-0.05, 0) is 24.3 Å². The maximum atomic E-state index is 14.5. The lowest BCUT2D eigenvalue weighted by Gasteiger charge is -2.18. The molecule has 4 nitrogen and oxygen atoms in total. The number of nitrogens with one attached hydrogen (secondary N) is 2. The molecule has 2 heterocycles. The minimum Gasteiger partial charge on any atom is -0.505 e. The molecule has 0 unspecified atom stereocenters. The third-order valence-corrected chi connectivity index (χ3v) is 4.32. The molecule has 3 N–H and O–H groups in total. The summed E-state index contributed by atoms with van der Waals surface area (Å²) in [6.07, 6.45) is 3.41. The van der Waals surface area contributed by atoms with Gasteiger partial charge in [-0.25, -0.2) is 9.37 Å². The first-order valence-corrected chi connectivity index (χ1v) is 8.28. The van der Waals surface area contributed by atoms with Crippen LogP contribution in [0.15, 0.2) is 79.1 Å². The number of hydrogen-bond acceptors (Lipinski definition) is 3. The lowest BCUT2D eigenvalue weighted by atomic mass is 9.96. The number of benzene rings is 2. The molecule has 4 aromatic rings. The van der Waals surface area contributed by atoms with Crippen molar-refractivity contribution < 1.29 is 14.5 Å². The van der Waals surface area contributed by atoms with Crippen molar-refractivity contribution in [3.8, 4) is 5.75 Å². The number of aromatic amines is 1. The molecule has 0 fully saturated rings. The molecule has 1 atom stereocenters. The first-order valence-electron chi connectivity index (χ1n) is 8.28. The summed E-state index contributed by atoms with van der Waals surface area (Å²) >= 11 is 0. The van der Waals surface area contributed by atoms with Gasteiger partial charge in [-0.3, -0.25) is 10.3 Å². The molecule has 0 amide bonds. The van der Waals surface area contributed by atoms with Gasteiger partial charge in [0.1, 0.15) is 17.1 Å². The molecule has 0 aliphatic rings. The van der Waals surface area contributed by atoms with Crippen LogP contribution in [-0.4, -0.2) is 10.1 Å². The maximum absolute atomic E-state index is 14.5. The number of aromatic hydroxyl groups is 1. The predicted octanol–water partition coefficient (Wildman–Crippen LogP) is 4.10. The fourth-order valence-electron chi connectivity index (χ4n) is 3.05. The molecule has 0 saturated heterocycles. The second-order valence-corrected chi connectivity index (χ2v) is 5.95. The van der Waals surface area contributed by atoms with Crippen LogP contribution < -0.4 is 10.3 Å². The molecular formula is C21H17FN3O+. The Morgan fingerprint density at radius 1 is 0.923 bits per heavy atom. The lowest BCUT2D eigenvalue weighted by molar-refractivity contribution is -0.361. The highest BCUT2D eigenvalue weighted by atomic mass is 19.1. The van der Waals surface area contributed by atoms with Gasteiger partial charge in [0.15, 0.2) is 6.04 Å². The second-order valence-electron chi connectivity index (χ2n) is 5.95. The monoisotopic (exact) mass is 346 g/mol. The number of phenols is 1. The van der Waals surface area contributed by atoms with Crippen LogP contribution >= 0.6 is 0 Å². The van der Waals surface area contributed by atoms with E-state index in [4.69, 9.17) is 0 Å². The van der Waals surface area contributed by atoms with Crippen molar-refractivity contribution in [3.05, 3.63) is 96.1 Å². The van der Waals surface area contributed by atoms with Crippen LogP contribution in [-0.2, 0) is 0 Å². The van der Waals surface area contributed by atoms with Gasteiger partial charge >= 0.3 is 0 Å². The SMILES string of the molecule is Oc1c([C@@H](Nc2cccc[nH+]2)c2ccccc2F)ccc2cccnc12. The van der Waals surface area contributed by atoms with E-state index in [-0.39, 0.29) is 11.6 Å². The van der Waals surface area contributed by atoms with E-state index in [9.17, 15) is 9.50 Å². The molecule has 2 aromatic heterocycles. The number of rotatable bonds is 4. The van der Waals surface area contributed by atoms with Gasteiger partial charge in [0.2, 0.25) is 0 Å². The van der Waals surface area contributed by atoms with Gasteiger partial charge < -0.3 is 5.11 Å². The minimum absolute atomic E-state index is 0.0415. The van der Waals surface area contributed by atoms with Crippen LogP contribution in [0.1, 0.15) is 17.2 Å². The molecule has 0 saturated carbocycles. The number of aromatic nitrogens is 2. The van der Waals surface area contributed by atoms with Crippen molar-refractivity contribution in [1.29, 1.82) is 0 Å². The largest absolute Gasteiger partial charge is 0.505 e. The molecule has 128 valence electrons. The van der Waals surface area contributed by atoms with E-state index >= 15 is 0 Å². The number of H-pyrrole nitrogens is 1. The topological polar surface area (TPSA) is 59.3 Å². The zero-order valence-electron chi connectivity index (χ0n) is 13.9. The summed E-state index contributed by atoms with van der Waals surface area (Å²) in [5.41, 5.74) is 1.49. The summed E-state index contributed by atoms with van der Waals surface area (Å²) in [4.78, 5) is 7.35. The number of anilines is 1. The predicted molar refractivity (Wildman–Crippen MR) is 98.3 cm³/mol. The van der Waals surface area contributed by atoms with Crippen LogP contribution in [0.4, 0.5) is 10.2 Å². The Balaban J connectivity index is 1.88. The fourth-order valence-corrected chi connectivity index (χ4v) is 3.05. The molecule has 2 aromatic carbocycles. The highest BCUT2D eigenvalue weighted by molar-refractivity contribution is 5.85. The van der Waals surface area contributed by atoms with E-state index in [2.05, 4.69) is 15.3 Å². The molecule has 5 heteroatoms. The smallest absolute Gasteiger partial charge is 0.272 e. The second kappa shape index (κ2) is 6.80. The number of pyridine rings is 2. The summed E-state index contributed by atoms with van der Waals surface area (Å²) in [6.45, 7) is 0. The Kier molecular flexibility index (Phi) is 4.19. The third kappa shape index (κ3) is 2.95. The molecule has 0 aliphatic carbocycles. The number of halogens is 1. The van der Waals surface area contributed by atoms with Gasteiger partial charge in [-0.2, -0.15) is 0 Å². The zero-order valence-corrected chi connectivity index (χ0v) is 13.9. The average Bonchev–Trinajstić information content (AvgIpc) is 2.68. The molecule has 26 heavy (non-hydrogen) atoms. The minimum atomic E-state index is -0.582. The van der Waals surface area contributed by atoms with E-state index in [0.717, 1.165) is 5.39 Å². The number of phenolic OH excluding ortho intramolecular Hbond substituents is 1. The first-order chi connectivity index (χ1) is 12.7. The summed E-state index contributed by atoms with van der Waals surface area (Å²) in [6, 6.07) is 18.9. The van der Waals surface area contributed by atoms with Crippen molar-refractivity contribution in [2.24, 2.45) is 0 Å². The van der Waals surface area contributed by atoms with Crippen LogP contribution in [0.25, 0.3) is 10.9 Å². The Morgan fingerprint density at radius 2 is 1.77 bits per heavy atom. The van der Waals surface area contributed by atoms with Gasteiger partial charge in [0.25, 0.3) is 5.82 Å². The van der Waals surface area contributed by atoms with Crippen LogP contribution in [0.5, 0.6) is 5.75 Å². The van der Waals surface area contributed by atoms with E-state index in [1.165, 1.54) is 6.07 Å². The van der Waals surface area contributed by atoms with E-state index in [1.54, 1.807) is 36.7 Å². The molecule has 4 rings (SSSR count). The van der Waals surface area contributed by atoms with Crippen molar-refractivity contribution in [1.82, 2.24) is 4.98 Å². The maximum Gasteiger partial charge on any atom is 0.272 e. The van der Waals surface area contributed by atoms with Crippen LogP contribution in [0, 0.1) is 5.82 Å². The highest BCUT2D eigenvalue weighted by Gasteiger charge is 2.26. The highest BCUT2D eigenvalue weighted by Crippen LogP contribution is 2.36. The third-order valence-electron chi connectivity index (χ3n) is 4.32. The standard InChI is InChI=1S/C21H16FN3O/c22-17-8-2-1-7-15(17)20(25-18-9-3-4-12-23-18)16-11-10-14-6-5-13-24-19(14)21(16)26/h1-13,20,26H,(H,23,25)/p+1/t20-/m0/s1. The summed E-state index contributed by atoms with van der Waals surface area (Å²) in [7, 11) is 0. The number of nitrogens with zero attached hydrogens (tertiary/aromatic N) is 1. The normalized spacial score (nSPS) is 12.0. The summed E-state index contributed by atoms with van der Waals surface area (Å²) in [5.74, 6) is 0.405.